The fourth-order valence-electron chi connectivity index (χ4n) is 1.80. The monoisotopic (exact) mass is 245 g/mol. The van der Waals surface area contributed by atoms with Crippen LogP contribution >= 0.6 is 0 Å². The van der Waals surface area contributed by atoms with Crippen LogP contribution in [0.5, 0.6) is 0 Å². The van der Waals surface area contributed by atoms with Gasteiger partial charge in [0.15, 0.2) is 0 Å². The number of likely N-dealkylation sites (tertiary alicyclic amines) is 1. The highest BCUT2D eigenvalue weighted by Crippen LogP contribution is 2.17. The average molecular weight is 245 g/mol. The van der Waals surface area contributed by atoms with E-state index in [4.69, 9.17) is 9.47 Å². The molecule has 1 aliphatic heterocycles. The van der Waals surface area contributed by atoms with Crippen LogP contribution in [0.15, 0.2) is 0 Å². The van der Waals surface area contributed by atoms with E-state index < -0.39 is 11.7 Å². The quantitative estimate of drug-likeness (QED) is 0.758. The normalized spacial score (nSPS) is 26.5. The van der Waals surface area contributed by atoms with Crippen molar-refractivity contribution in [1.82, 2.24) is 4.90 Å². The number of carbonyl (C=O) groups excluding carboxylic acids is 1. The lowest BCUT2D eigenvalue weighted by Gasteiger charge is -2.28. The molecule has 0 bridgehead atoms. The van der Waals surface area contributed by atoms with E-state index in [1.165, 1.54) is 4.90 Å². The standard InChI is InChI=1S/C12H23NO4/c1-12(2,3)17-11(15)13-7-9(14)5-6-10(8-13)16-4/h9-10,14H,5-8H2,1-4H3/t9-,10-/m1/s1. The zero-order valence-corrected chi connectivity index (χ0v) is 11.1. The van der Waals surface area contributed by atoms with Gasteiger partial charge in [-0.2, -0.15) is 0 Å². The summed E-state index contributed by atoms with van der Waals surface area (Å²) in [5.41, 5.74) is -0.517. The van der Waals surface area contributed by atoms with E-state index in [2.05, 4.69) is 0 Å². The van der Waals surface area contributed by atoms with Crippen LogP contribution in [0.4, 0.5) is 4.79 Å². The Hall–Kier alpha value is -0.810. The van der Waals surface area contributed by atoms with Gasteiger partial charge in [-0.3, -0.25) is 0 Å². The summed E-state index contributed by atoms with van der Waals surface area (Å²) in [5, 5.41) is 9.72. The molecule has 0 spiro atoms. The summed E-state index contributed by atoms with van der Waals surface area (Å²) in [7, 11) is 1.62. The van der Waals surface area contributed by atoms with Gasteiger partial charge in [0.25, 0.3) is 0 Å². The number of aliphatic hydroxyl groups is 1. The Morgan fingerprint density at radius 2 is 1.94 bits per heavy atom. The first-order valence-electron chi connectivity index (χ1n) is 6.00. The molecule has 5 heteroatoms. The molecular weight excluding hydrogens is 222 g/mol. The number of aliphatic hydroxyl groups excluding tert-OH is 1. The van der Waals surface area contributed by atoms with Crippen molar-refractivity contribution in [1.29, 1.82) is 0 Å². The molecule has 0 aliphatic carbocycles. The molecule has 17 heavy (non-hydrogen) atoms. The molecule has 1 aliphatic rings. The SMILES string of the molecule is CO[C@@H]1CC[C@@H](O)CN(C(=O)OC(C)(C)C)C1. The van der Waals surface area contributed by atoms with E-state index >= 15 is 0 Å². The lowest BCUT2D eigenvalue weighted by atomic mass is 10.1. The number of amides is 1. The minimum absolute atomic E-state index is 0.0281. The molecule has 1 saturated heterocycles. The van der Waals surface area contributed by atoms with Crippen molar-refractivity contribution in [2.45, 2.75) is 51.4 Å². The highest BCUT2D eigenvalue weighted by molar-refractivity contribution is 5.68. The molecule has 0 aromatic heterocycles. The fraction of sp³-hybridized carbons (Fsp3) is 0.917. The van der Waals surface area contributed by atoms with Gasteiger partial charge in [0, 0.05) is 7.11 Å². The number of carbonyl (C=O) groups is 1. The highest BCUT2D eigenvalue weighted by atomic mass is 16.6. The van der Waals surface area contributed by atoms with E-state index in [0.717, 1.165) is 6.42 Å². The Labute approximate surface area is 103 Å². The zero-order valence-electron chi connectivity index (χ0n) is 11.1. The number of rotatable bonds is 1. The van der Waals surface area contributed by atoms with Gasteiger partial charge in [-0.05, 0) is 33.6 Å². The summed E-state index contributed by atoms with van der Waals surface area (Å²) < 4.78 is 10.6. The number of β-amino-alcohol motifs (C(OH)–C–C–N with tert-alkyl or cyclic N) is 1. The number of hydrogen-bond donors (Lipinski definition) is 1. The minimum Gasteiger partial charge on any atom is -0.444 e. The maximum atomic E-state index is 11.9. The van der Waals surface area contributed by atoms with E-state index in [0.29, 0.717) is 19.5 Å². The van der Waals surface area contributed by atoms with E-state index in [1.807, 2.05) is 20.8 Å². The van der Waals surface area contributed by atoms with Gasteiger partial charge >= 0.3 is 6.09 Å². The van der Waals surface area contributed by atoms with Gasteiger partial charge in [-0.1, -0.05) is 0 Å². The van der Waals surface area contributed by atoms with Crippen molar-refractivity contribution in [3.05, 3.63) is 0 Å². The summed E-state index contributed by atoms with van der Waals surface area (Å²) in [5.74, 6) is 0. The third-order valence-electron chi connectivity index (χ3n) is 2.66. The molecule has 0 radical (unpaired) electrons. The number of hydrogen-bond acceptors (Lipinski definition) is 4. The van der Waals surface area contributed by atoms with E-state index in [1.54, 1.807) is 7.11 Å². The molecule has 0 saturated carbocycles. The molecule has 1 heterocycles. The van der Waals surface area contributed by atoms with Crippen LogP contribution in [0.25, 0.3) is 0 Å². The lowest BCUT2D eigenvalue weighted by molar-refractivity contribution is 0.00691. The van der Waals surface area contributed by atoms with Gasteiger partial charge < -0.3 is 19.5 Å². The molecule has 0 aromatic rings. The van der Waals surface area contributed by atoms with Gasteiger partial charge in [-0.15, -0.1) is 0 Å². The first-order valence-corrected chi connectivity index (χ1v) is 6.00. The summed E-state index contributed by atoms with van der Waals surface area (Å²) >= 11 is 0. The molecule has 1 amide bonds. The predicted octanol–water partition coefficient (Wildman–Crippen LogP) is 1.39. The summed E-state index contributed by atoms with van der Waals surface area (Å²) in [6, 6.07) is 0. The predicted molar refractivity (Wildman–Crippen MR) is 63.8 cm³/mol. The molecule has 5 nitrogen and oxygen atoms in total. The second-order valence-corrected chi connectivity index (χ2v) is 5.47. The molecule has 0 aromatic carbocycles. The zero-order chi connectivity index (χ0) is 13.1. The lowest BCUT2D eigenvalue weighted by Crippen LogP contribution is -2.42. The second kappa shape index (κ2) is 5.69. The average Bonchev–Trinajstić information content (AvgIpc) is 2.37. The van der Waals surface area contributed by atoms with Gasteiger partial charge in [0.1, 0.15) is 5.60 Å². The molecule has 0 unspecified atom stereocenters. The first kappa shape index (κ1) is 14.3. The van der Waals surface area contributed by atoms with Crippen LogP contribution in [-0.2, 0) is 9.47 Å². The van der Waals surface area contributed by atoms with Gasteiger partial charge in [-0.25, -0.2) is 4.79 Å². The topological polar surface area (TPSA) is 59.0 Å². The van der Waals surface area contributed by atoms with Crippen molar-refractivity contribution in [2.75, 3.05) is 20.2 Å². The number of methoxy groups -OCH3 is 1. The van der Waals surface area contributed by atoms with Gasteiger partial charge in [0.2, 0.25) is 0 Å². The molecular formula is C12H23NO4. The Bertz CT molecular complexity index is 262. The molecule has 1 fully saturated rings. The fourth-order valence-corrected chi connectivity index (χ4v) is 1.80. The molecule has 2 atom stereocenters. The maximum Gasteiger partial charge on any atom is 0.410 e. The molecule has 1 N–H and O–H groups in total. The van der Waals surface area contributed by atoms with Crippen LogP contribution in [0.2, 0.25) is 0 Å². The van der Waals surface area contributed by atoms with Crippen molar-refractivity contribution in [3.63, 3.8) is 0 Å². The molecule has 100 valence electrons. The summed E-state index contributed by atoms with van der Waals surface area (Å²) in [4.78, 5) is 13.4. The van der Waals surface area contributed by atoms with E-state index in [9.17, 15) is 9.90 Å². The third kappa shape index (κ3) is 4.91. The van der Waals surface area contributed by atoms with Crippen LogP contribution in [0.3, 0.4) is 0 Å². The van der Waals surface area contributed by atoms with Gasteiger partial charge in [0.05, 0.1) is 25.3 Å². The van der Waals surface area contributed by atoms with Crippen LogP contribution in [0, 0.1) is 0 Å². The van der Waals surface area contributed by atoms with E-state index in [-0.39, 0.29) is 12.2 Å². The van der Waals surface area contributed by atoms with Crippen LogP contribution < -0.4 is 0 Å². The van der Waals surface area contributed by atoms with Crippen LogP contribution in [-0.4, -0.2) is 54.1 Å². The minimum atomic E-state index is -0.517. The number of nitrogens with zero attached hydrogens (tertiary/aromatic N) is 1. The van der Waals surface area contributed by atoms with Crippen molar-refractivity contribution in [2.24, 2.45) is 0 Å². The maximum absolute atomic E-state index is 11.9. The summed E-state index contributed by atoms with van der Waals surface area (Å²) in [6.07, 6.45) is 0.497. The Morgan fingerprint density at radius 3 is 2.47 bits per heavy atom. The van der Waals surface area contributed by atoms with Crippen LogP contribution in [0.1, 0.15) is 33.6 Å². The Kier molecular flexibility index (Phi) is 4.77. The Morgan fingerprint density at radius 1 is 1.29 bits per heavy atom. The Balaban J connectivity index is 2.63. The third-order valence-corrected chi connectivity index (χ3v) is 2.66. The van der Waals surface area contributed by atoms with Crippen molar-refractivity contribution >= 4 is 6.09 Å². The van der Waals surface area contributed by atoms with Crippen molar-refractivity contribution < 1.29 is 19.4 Å². The van der Waals surface area contributed by atoms with Crippen molar-refractivity contribution in [3.8, 4) is 0 Å². The first-order chi connectivity index (χ1) is 7.81. The smallest absolute Gasteiger partial charge is 0.410 e. The second-order valence-electron chi connectivity index (χ2n) is 5.47. The summed E-state index contributed by atoms with van der Waals surface area (Å²) in [6.45, 7) is 6.27. The number of ether oxygens (including phenoxy) is 2. The highest BCUT2D eigenvalue weighted by Gasteiger charge is 2.29. The molecule has 1 rings (SSSR count). The largest absolute Gasteiger partial charge is 0.444 e.